The van der Waals surface area contributed by atoms with Gasteiger partial charge in [0, 0.05) is 11.3 Å². The van der Waals surface area contributed by atoms with Gasteiger partial charge in [-0.05, 0) is 70.9 Å². The molecule has 144 valence electrons. The van der Waals surface area contributed by atoms with E-state index < -0.39 is 10.0 Å². The summed E-state index contributed by atoms with van der Waals surface area (Å²) in [7, 11) is -1.79. The molecule has 2 rings (SSSR count). The van der Waals surface area contributed by atoms with E-state index in [0.717, 1.165) is 16.3 Å². The Morgan fingerprint density at radius 3 is 2.44 bits per heavy atom. The van der Waals surface area contributed by atoms with E-state index in [1.165, 1.54) is 6.08 Å². The van der Waals surface area contributed by atoms with E-state index in [0.29, 0.717) is 29.4 Å². The number of carbonyl (C=O) groups excluding carboxylic acids is 1. The molecule has 0 fully saturated rings. The van der Waals surface area contributed by atoms with Crippen LogP contribution in [0.5, 0.6) is 11.5 Å². The third kappa shape index (κ3) is 6.11. The maximum atomic E-state index is 12.3. The van der Waals surface area contributed by atoms with Crippen LogP contribution >= 0.6 is 15.9 Å². The molecule has 8 heteroatoms. The molecular weight excluding hydrogens is 434 g/mol. The van der Waals surface area contributed by atoms with Crippen LogP contribution < -0.4 is 14.2 Å². The number of hydrogen-bond donors (Lipinski definition) is 1. The fraction of sp³-hybridized carbons (Fsp3) is 0.211. The Bertz CT molecular complexity index is 953. The maximum absolute atomic E-state index is 12.3. The molecule has 0 heterocycles. The highest BCUT2D eigenvalue weighted by Crippen LogP contribution is 2.36. The van der Waals surface area contributed by atoms with Gasteiger partial charge in [0.05, 0.1) is 24.4 Å². The Morgan fingerprint density at radius 1 is 1.22 bits per heavy atom. The highest BCUT2D eigenvalue weighted by atomic mass is 79.9. The predicted molar refractivity (Wildman–Crippen MR) is 110 cm³/mol. The molecule has 6 nitrogen and oxygen atoms in total. The van der Waals surface area contributed by atoms with Crippen molar-refractivity contribution in [2.75, 3.05) is 24.7 Å². The average molecular weight is 454 g/mol. The zero-order valence-electron chi connectivity index (χ0n) is 15.2. The Morgan fingerprint density at radius 2 is 1.89 bits per heavy atom. The molecule has 27 heavy (non-hydrogen) atoms. The molecule has 0 aromatic heterocycles. The van der Waals surface area contributed by atoms with Gasteiger partial charge in [-0.25, -0.2) is 8.42 Å². The molecule has 2 aromatic rings. The van der Waals surface area contributed by atoms with Gasteiger partial charge >= 0.3 is 0 Å². The van der Waals surface area contributed by atoms with Crippen LogP contribution in [0.2, 0.25) is 0 Å². The number of carbonyl (C=O) groups is 1. The van der Waals surface area contributed by atoms with Crippen molar-refractivity contribution < 1.29 is 22.7 Å². The molecular formula is C19H20BrNO5S. The number of sulfonamides is 1. The van der Waals surface area contributed by atoms with Crippen molar-refractivity contribution in [3.63, 3.8) is 0 Å². The van der Waals surface area contributed by atoms with Crippen molar-refractivity contribution in [3.05, 3.63) is 58.1 Å². The standard InChI is InChI=1S/C19H20BrNO5S/c1-4-26-18-12-13(11-16(20)19(18)25-2)5-10-17(22)14-6-8-15(9-7-14)21-27(3,23)24/h5-12,21H,4H2,1-3H3/b10-5+. The number of halogens is 1. The topological polar surface area (TPSA) is 81.7 Å². The van der Waals surface area contributed by atoms with Gasteiger partial charge in [0.25, 0.3) is 0 Å². The lowest BCUT2D eigenvalue weighted by atomic mass is 10.1. The number of ether oxygens (including phenoxy) is 2. The van der Waals surface area contributed by atoms with Crippen molar-refractivity contribution in [2.45, 2.75) is 6.92 Å². The Hall–Kier alpha value is -2.32. The first-order valence-electron chi connectivity index (χ1n) is 8.04. The number of allylic oxidation sites excluding steroid dienone is 1. The summed E-state index contributed by atoms with van der Waals surface area (Å²) in [4.78, 5) is 12.3. The van der Waals surface area contributed by atoms with Gasteiger partial charge < -0.3 is 9.47 Å². The van der Waals surface area contributed by atoms with E-state index >= 15 is 0 Å². The van der Waals surface area contributed by atoms with E-state index in [1.54, 1.807) is 43.5 Å². The molecule has 0 amide bonds. The fourth-order valence-electron chi connectivity index (χ4n) is 2.33. The van der Waals surface area contributed by atoms with Gasteiger partial charge in [0.2, 0.25) is 10.0 Å². The Labute approximate surface area is 167 Å². The molecule has 0 aliphatic carbocycles. The second-order valence-electron chi connectivity index (χ2n) is 5.62. The van der Waals surface area contributed by atoms with Crippen LogP contribution in [0.4, 0.5) is 5.69 Å². The van der Waals surface area contributed by atoms with Gasteiger partial charge in [-0.1, -0.05) is 6.08 Å². The largest absolute Gasteiger partial charge is 0.492 e. The third-order valence-electron chi connectivity index (χ3n) is 3.44. The number of methoxy groups -OCH3 is 1. The summed E-state index contributed by atoms with van der Waals surface area (Å²) in [6, 6.07) is 9.82. The summed E-state index contributed by atoms with van der Waals surface area (Å²) in [5, 5.41) is 0. The average Bonchev–Trinajstić information content (AvgIpc) is 2.59. The normalized spacial score (nSPS) is 11.4. The van der Waals surface area contributed by atoms with Gasteiger partial charge in [-0.2, -0.15) is 0 Å². The highest BCUT2D eigenvalue weighted by molar-refractivity contribution is 9.10. The van der Waals surface area contributed by atoms with Crippen LogP contribution in [-0.2, 0) is 10.0 Å². The number of benzene rings is 2. The van der Waals surface area contributed by atoms with Crippen LogP contribution in [0, 0.1) is 0 Å². The minimum absolute atomic E-state index is 0.203. The highest BCUT2D eigenvalue weighted by Gasteiger charge is 2.10. The smallest absolute Gasteiger partial charge is 0.229 e. The first kappa shape index (κ1) is 21.0. The second kappa shape index (κ2) is 9.05. The number of nitrogens with one attached hydrogen (secondary N) is 1. The van der Waals surface area contributed by atoms with Gasteiger partial charge in [0.1, 0.15) is 0 Å². The van der Waals surface area contributed by atoms with E-state index in [-0.39, 0.29) is 5.78 Å². The maximum Gasteiger partial charge on any atom is 0.229 e. The van der Waals surface area contributed by atoms with Crippen molar-refractivity contribution in [1.82, 2.24) is 0 Å². The summed E-state index contributed by atoms with van der Waals surface area (Å²) >= 11 is 3.43. The summed E-state index contributed by atoms with van der Waals surface area (Å²) in [6.07, 6.45) is 4.19. The quantitative estimate of drug-likeness (QED) is 0.479. The first-order valence-corrected chi connectivity index (χ1v) is 10.7. The molecule has 0 spiro atoms. The summed E-state index contributed by atoms with van der Waals surface area (Å²) in [5.41, 5.74) is 1.62. The predicted octanol–water partition coefficient (Wildman–Crippen LogP) is 4.12. The number of hydrogen-bond acceptors (Lipinski definition) is 5. The lowest BCUT2D eigenvalue weighted by Crippen LogP contribution is -2.09. The third-order valence-corrected chi connectivity index (χ3v) is 4.63. The number of ketones is 1. The zero-order valence-corrected chi connectivity index (χ0v) is 17.6. The van der Waals surface area contributed by atoms with E-state index in [9.17, 15) is 13.2 Å². The van der Waals surface area contributed by atoms with Crippen LogP contribution in [-0.4, -0.2) is 34.2 Å². The number of anilines is 1. The lowest BCUT2D eigenvalue weighted by Gasteiger charge is -2.12. The molecule has 0 saturated carbocycles. The minimum atomic E-state index is -3.35. The molecule has 2 aromatic carbocycles. The molecule has 0 bridgehead atoms. The van der Waals surface area contributed by atoms with Crippen LogP contribution in [0.15, 0.2) is 46.9 Å². The fourth-order valence-corrected chi connectivity index (χ4v) is 3.52. The second-order valence-corrected chi connectivity index (χ2v) is 8.22. The first-order chi connectivity index (χ1) is 12.7. The Balaban J connectivity index is 2.19. The number of rotatable bonds is 8. The monoisotopic (exact) mass is 453 g/mol. The van der Waals surface area contributed by atoms with Crippen LogP contribution in [0.25, 0.3) is 6.08 Å². The Kier molecular flexibility index (Phi) is 7.04. The minimum Gasteiger partial charge on any atom is -0.492 e. The molecule has 0 aliphatic rings. The van der Waals surface area contributed by atoms with E-state index in [4.69, 9.17) is 9.47 Å². The van der Waals surface area contributed by atoms with Crippen LogP contribution in [0.3, 0.4) is 0 Å². The SMILES string of the molecule is CCOc1cc(/C=C/C(=O)c2ccc(NS(C)(=O)=O)cc2)cc(Br)c1OC. The zero-order chi connectivity index (χ0) is 20.0. The molecule has 0 atom stereocenters. The molecule has 0 unspecified atom stereocenters. The van der Waals surface area contributed by atoms with Gasteiger partial charge in [-0.3, -0.25) is 9.52 Å². The molecule has 0 aliphatic heterocycles. The molecule has 0 saturated heterocycles. The summed E-state index contributed by atoms with van der Waals surface area (Å²) in [6.45, 7) is 2.37. The van der Waals surface area contributed by atoms with E-state index in [1.807, 2.05) is 13.0 Å². The van der Waals surface area contributed by atoms with Crippen molar-refractivity contribution in [2.24, 2.45) is 0 Å². The summed E-state index contributed by atoms with van der Waals surface area (Å²) in [5.74, 6) is 0.970. The molecule has 1 N–H and O–H groups in total. The van der Waals surface area contributed by atoms with Crippen LogP contribution in [0.1, 0.15) is 22.8 Å². The lowest BCUT2D eigenvalue weighted by molar-refractivity contribution is 0.104. The van der Waals surface area contributed by atoms with Crippen molar-refractivity contribution in [3.8, 4) is 11.5 Å². The van der Waals surface area contributed by atoms with Gasteiger partial charge in [-0.15, -0.1) is 0 Å². The van der Waals surface area contributed by atoms with Crippen molar-refractivity contribution in [1.29, 1.82) is 0 Å². The summed E-state index contributed by atoms with van der Waals surface area (Å²) < 4.78 is 36.4. The van der Waals surface area contributed by atoms with Gasteiger partial charge in [0.15, 0.2) is 17.3 Å². The van der Waals surface area contributed by atoms with E-state index in [2.05, 4.69) is 20.7 Å². The van der Waals surface area contributed by atoms with Crippen molar-refractivity contribution >= 4 is 43.5 Å². The molecule has 0 radical (unpaired) electrons.